The quantitative estimate of drug-likeness (QED) is 0.362. The standard InChI is InChI=1S/C21H25NO4.C5H10O2/c1-6-15-11-9-10-12-16(15)19-17(20(23)25-7-2)13(4)22-14(5)18(19)21(24)26-8-3;1-5(2,3)7-4-6/h6,9-12,19,22H,1,7-8H2,2-5H3;4H,1-3H3. The highest BCUT2D eigenvalue weighted by Crippen LogP contribution is 2.40. The second-order valence-corrected chi connectivity index (χ2v) is 8.24. The summed E-state index contributed by atoms with van der Waals surface area (Å²) in [6, 6.07) is 7.57. The van der Waals surface area contributed by atoms with Gasteiger partial charge in [-0.15, -0.1) is 0 Å². The molecule has 0 unspecified atom stereocenters. The average Bonchev–Trinajstić information content (AvgIpc) is 2.73. The van der Waals surface area contributed by atoms with Gasteiger partial charge in [-0.1, -0.05) is 36.9 Å². The number of rotatable bonds is 7. The molecule has 0 amide bonds. The van der Waals surface area contributed by atoms with E-state index in [0.717, 1.165) is 11.1 Å². The minimum Gasteiger partial charge on any atom is -0.463 e. The van der Waals surface area contributed by atoms with Crippen molar-refractivity contribution in [1.82, 2.24) is 5.32 Å². The van der Waals surface area contributed by atoms with Crippen molar-refractivity contribution in [2.45, 2.75) is 60.0 Å². The number of allylic oxidation sites excluding steroid dienone is 2. The topological polar surface area (TPSA) is 90.9 Å². The predicted molar refractivity (Wildman–Crippen MR) is 128 cm³/mol. The van der Waals surface area contributed by atoms with E-state index in [1.807, 2.05) is 45.0 Å². The molecule has 33 heavy (non-hydrogen) atoms. The Labute approximate surface area is 196 Å². The predicted octanol–water partition coefficient (Wildman–Crippen LogP) is 4.65. The molecule has 7 heteroatoms. The third-order valence-corrected chi connectivity index (χ3v) is 4.68. The zero-order valence-corrected chi connectivity index (χ0v) is 20.6. The van der Waals surface area contributed by atoms with Gasteiger partial charge in [0.15, 0.2) is 0 Å². The first-order valence-electron chi connectivity index (χ1n) is 10.9. The van der Waals surface area contributed by atoms with E-state index in [-0.39, 0.29) is 18.8 Å². The summed E-state index contributed by atoms with van der Waals surface area (Å²) in [5.41, 5.74) is 3.50. The van der Waals surface area contributed by atoms with Gasteiger partial charge in [0.2, 0.25) is 0 Å². The van der Waals surface area contributed by atoms with Gasteiger partial charge in [0, 0.05) is 11.4 Å². The molecular formula is C26H35NO6. The van der Waals surface area contributed by atoms with E-state index < -0.39 is 17.9 Å². The Kier molecular flexibility index (Phi) is 10.6. The molecule has 180 valence electrons. The molecule has 0 aliphatic carbocycles. The van der Waals surface area contributed by atoms with E-state index in [1.54, 1.807) is 33.8 Å². The first kappa shape index (κ1) is 27.7. The Hall–Kier alpha value is -3.35. The summed E-state index contributed by atoms with van der Waals surface area (Å²) in [5.74, 6) is -1.48. The Balaban J connectivity index is 0.000000675. The number of carbonyl (C=O) groups is 3. The molecule has 0 bridgehead atoms. The number of dihydropyridines is 1. The van der Waals surface area contributed by atoms with Gasteiger partial charge >= 0.3 is 11.9 Å². The molecule has 1 aliphatic rings. The van der Waals surface area contributed by atoms with Gasteiger partial charge in [0.05, 0.1) is 30.3 Å². The van der Waals surface area contributed by atoms with Crippen LogP contribution in [-0.2, 0) is 28.6 Å². The van der Waals surface area contributed by atoms with Crippen molar-refractivity contribution in [3.63, 3.8) is 0 Å². The largest absolute Gasteiger partial charge is 0.463 e. The molecular weight excluding hydrogens is 422 g/mol. The molecule has 0 saturated heterocycles. The van der Waals surface area contributed by atoms with Gasteiger partial charge in [0.25, 0.3) is 6.47 Å². The number of benzene rings is 1. The zero-order valence-electron chi connectivity index (χ0n) is 20.6. The highest BCUT2D eigenvalue weighted by atomic mass is 16.5. The van der Waals surface area contributed by atoms with Crippen molar-refractivity contribution in [2.24, 2.45) is 0 Å². The molecule has 1 aliphatic heterocycles. The molecule has 0 spiro atoms. The van der Waals surface area contributed by atoms with Crippen LogP contribution in [0.15, 0.2) is 53.4 Å². The Bertz CT molecular complexity index is 896. The van der Waals surface area contributed by atoms with E-state index in [1.165, 1.54) is 0 Å². The summed E-state index contributed by atoms with van der Waals surface area (Å²) in [7, 11) is 0. The molecule has 7 nitrogen and oxygen atoms in total. The van der Waals surface area contributed by atoms with Crippen LogP contribution < -0.4 is 5.32 Å². The molecule has 1 N–H and O–H groups in total. The third-order valence-electron chi connectivity index (χ3n) is 4.68. The van der Waals surface area contributed by atoms with Crippen LogP contribution in [0, 0.1) is 0 Å². The van der Waals surface area contributed by atoms with Crippen LogP contribution in [0.3, 0.4) is 0 Å². The minimum absolute atomic E-state index is 0.253. The highest BCUT2D eigenvalue weighted by molar-refractivity contribution is 6.00. The maximum Gasteiger partial charge on any atom is 0.336 e. The van der Waals surface area contributed by atoms with Crippen molar-refractivity contribution < 1.29 is 28.6 Å². The molecule has 1 heterocycles. The van der Waals surface area contributed by atoms with Crippen LogP contribution in [0.5, 0.6) is 0 Å². The Morgan fingerprint density at radius 1 is 1.00 bits per heavy atom. The molecule has 0 radical (unpaired) electrons. The number of ether oxygens (including phenoxy) is 3. The van der Waals surface area contributed by atoms with Gasteiger partial charge in [-0.3, -0.25) is 4.79 Å². The van der Waals surface area contributed by atoms with Crippen LogP contribution in [0.1, 0.15) is 65.5 Å². The number of nitrogens with one attached hydrogen (secondary N) is 1. The average molecular weight is 458 g/mol. The Morgan fingerprint density at radius 3 is 1.85 bits per heavy atom. The van der Waals surface area contributed by atoms with E-state index in [0.29, 0.717) is 29.0 Å². The van der Waals surface area contributed by atoms with Crippen molar-refractivity contribution in [2.75, 3.05) is 13.2 Å². The van der Waals surface area contributed by atoms with Gasteiger partial charge in [0.1, 0.15) is 5.60 Å². The smallest absolute Gasteiger partial charge is 0.336 e. The lowest BCUT2D eigenvalue weighted by atomic mass is 9.78. The number of carbonyl (C=O) groups excluding carboxylic acids is 3. The molecule has 0 fully saturated rings. The maximum absolute atomic E-state index is 12.7. The molecule has 0 aromatic heterocycles. The summed E-state index contributed by atoms with van der Waals surface area (Å²) in [4.78, 5) is 35.0. The van der Waals surface area contributed by atoms with E-state index in [2.05, 4.69) is 16.6 Å². The van der Waals surface area contributed by atoms with E-state index in [4.69, 9.17) is 9.47 Å². The monoisotopic (exact) mass is 457 g/mol. The highest BCUT2D eigenvalue weighted by Gasteiger charge is 2.38. The minimum atomic E-state index is -0.580. The molecule has 1 aromatic carbocycles. The first-order valence-corrected chi connectivity index (χ1v) is 10.9. The number of hydrogen-bond donors (Lipinski definition) is 1. The van der Waals surface area contributed by atoms with Crippen LogP contribution in [0.2, 0.25) is 0 Å². The summed E-state index contributed by atoms with van der Waals surface area (Å²) in [5, 5.41) is 3.13. The van der Waals surface area contributed by atoms with Crippen molar-refractivity contribution in [1.29, 1.82) is 0 Å². The third kappa shape index (κ3) is 7.63. The van der Waals surface area contributed by atoms with Gasteiger partial charge < -0.3 is 19.5 Å². The van der Waals surface area contributed by atoms with Crippen molar-refractivity contribution in [3.8, 4) is 0 Å². The summed E-state index contributed by atoms with van der Waals surface area (Å²) in [6.45, 7) is 17.4. The lowest BCUT2D eigenvalue weighted by Crippen LogP contribution is -2.32. The molecule has 1 aromatic rings. The van der Waals surface area contributed by atoms with Crippen LogP contribution in [-0.4, -0.2) is 37.2 Å². The molecule has 2 rings (SSSR count). The normalized spacial score (nSPS) is 13.9. The SMILES string of the molecule is C=Cc1ccccc1C1C(C(=O)OCC)=C(C)NC(C)=C1C(=O)OCC.CC(C)(C)OC=O. The van der Waals surface area contributed by atoms with Gasteiger partial charge in [-0.05, 0) is 59.6 Å². The zero-order chi connectivity index (χ0) is 25.2. The fraction of sp³-hybridized carbons (Fsp3) is 0.423. The lowest BCUT2D eigenvalue weighted by Gasteiger charge is -2.31. The second kappa shape index (κ2) is 12.6. The van der Waals surface area contributed by atoms with Crippen LogP contribution in [0.4, 0.5) is 0 Å². The van der Waals surface area contributed by atoms with Crippen LogP contribution >= 0.6 is 0 Å². The van der Waals surface area contributed by atoms with Crippen LogP contribution in [0.25, 0.3) is 6.08 Å². The first-order chi connectivity index (χ1) is 15.5. The lowest BCUT2D eigenvalue weighted by molar-refractivity contribution is -0.140. The molecule has 0 atom stereocenters. The van der Waals surface area contributed by atoms with Gasteiger partial charge in [-0.2, -0.15) is 0 Å². The van der Waals surface area contributed by atoms with Crippen molar-refractivity contribution >= 4 is 24.5 Å². The number of hydrogen-bond acceptors (Lipinski definition) is 7. The maximum atomic E-state index is 12.7. The van der Waals surface area contributed by atoms with E-state index in [9.17, 15) is 14.4 Å². The number of esters is 2. The van der Waals surface area contributed by atoms with Gasteiger partial charge in [-0.25, -0.2) is 9.59 Å². The van der Waals surface area contributed by atoms with E-state index >= 15 is 0 Å². The second-order valence-electron chi connectivity index (χ2n) is 8.24. The summed E-state index contributed by atoms with van der Waals surface area (Å²) in [6.07, 6.45) is 1.72. The fourth-order valence-electron chi connectivity index (χ4n) is 3.37. The summed E-state index contributed by atoms with van der Waals surface area (Å²) < 4.78 is 15.1. The molecule has 0 saturated carbocycles. The fourth-order valence-corrected chi connectivity index (χ4v) is 3.37. The van der Waals surface area contributed by atoms with Crippen molar-refractivity contribution in [3.05, 3.63) is 64.5 Å². The Morgan fingerprint density at radius 2 is 1.48 bits per heavy atom. The summed E-state index contributed by atoms with van der Waals surface area (Å²) >= 11 is 0.